The van der Waals surface area contributed by atoms with Crippen molar-refractivity contribution in [1.29, 1.82) is 0 Å². The molecule has 5 heteroatoms. The molecule has 0 bridgehead atoms. The molecule has 0 unspecified atom stereocenters. The Morgan fingerprint density at radius 3 is 2.88 bits per heavy atom. The molecule has 5 nitrogen and oxygen atoms in total. The maximum absolute atomic E-state index is 11.2. The van der Waals surface area contributed by atoms with Gasteiger partial charge in [0.1, 0.15) is 5.60 Å². The summed E-state index contributed by atoms with van der Waals surface area (Å²) in [7, 11) is 1.41. The van der Waals surface area contributed by atoms with E-state index in [4.69, 9.17) is 0 Å². The number of rotatable bonds is 3. The molecule has 2 rings (SSSR count). The van der Waals surface area contributed by atoms with Crippen molar-refractivity contribution in [3.8, 4) is 0 Å². The van der Waals surface area contributed by atoms with Gasteiger partial charge in [0.15, 0.2) is 0 Å². The van der Waals surface area contributed by atoms with Crippen LogP contribution in [-0.4, -0.2) is 28.2 Å². The Labute approximate surface area is 100 Å². The summed E-state index contributed by atoms with van der Waals surface area (Å²) in [6, 6.07) is 0. The SMILES string of the molecule is COC(=O)C[C@H]1CC[C@@](O)(c2c[nH]cn2)CC1. The lowest BCUT2D eigenvalue weighted by Crippen LogP contribution is -2.32. The third kappa shape index (κ3) is 2.66. The fourth-order valence-electron chi connectivity index (χ4n) is 2.45. The fourth-order valence-corrected chi connectivity index (χ4v) is 2.45. The molecule has 1 fully saturated rings. The van der Waals surface area contributed by atoms with E-state index in [0.29, 0.717) is 30.9 Å². The summed E-state index contributed by atoms with van der Waals surface area (Å²) < 4.78 is 4.66. The van der Waals surface area contributed by atoms with Gasteiger partial charge < -0.3 is 14.8 Å². The van der Waals surface area contributed by atoms with Gasteiger partial charge in [-0.3, -0.25) is 4.79 Å². The fraction of sp³-hybridized carbons (Fsp3) is 0.667. The Balaban J connectivity index is 1.91. The van der Waals surface area contributed by atoms with Gasteiger partial charge in [-0.15, -0.1) is 0 Å². The summed E-state index contributed by atoms with van der Waals surface area (Å²) in [5.74, 6) is 0.155. The van der Waals surface area contributed by atoms with Gasteiger partial charge in [0.05, 0.1) is 19.1 Å². The number of nitrogens with one attached hydrogen (secondary N) is 1. The van der Waals surface area contributed by atoms with E-state index in [0.717, 1.165) is 12.8 Å². The molecule has 0 saturated heterocycles. The summed E-state index contributed by atoms with van der Waals surface area (Å²) >= 11 is 0. The van der Waals surface area contributed by atoms with Gasteiger partial charge >= 0.3 is 5.97 Å². The number of carbonyl (C=O) groups is 1. The van der Waals surface area contributed by atoms with Crippen LogP contribution >= 0.6 is 0 Å². The van der Waals surface area contributed by atoms with Gasteiger partial charge in [0, 0.05) is 12.6 Å². The lowest BCUT2D eigenvalue weighted by molar-refractivity contribution is -0.142. The molecular weight excluding hydrogens is 220 g/mol. The highest BCUT2D eigenvalue weighted by molar-refractivity contribution is 5.69. The van der Waals surface area contributed by atoms with Crippen molar-refractivity contribution in [2.45, 2.75) is 37.7 Å². The van der Waals surface area contributed by atoms with Crippen molar-refractivity contribution in [3.63, 3.8) is 0 Å². The molecule has 0 radical (unpaired) electrons. The monoisotopic (exact) mass is 238 g/mol. The van der Waals surface area contributed by atoms with E-state index in [1.165, 1.54) is 7.11 Å². The summed E-state index contributed by atoms with van der Waals surface area (Å²) in [5.41, 5.74) is -0.124. The van der Waals surface area contributed by atoms with E-state index in [1.807, 2.05) is 0 Å². The maximum Gasteiger partial charge on any atom is 0.305 e. The lowest BCUT2D eigenvalue weighted by atomic mass is 9.76. The molecule has 0 atom stereocenters. The minimum absolute atomic E-state index is 0.166. The molecule has 0 aliphatic heterocycles. The van der Waals surface area contributed by atoms with Gasteiger partial charge in [-0.1, -0.05) is 0 Å². The summed E-state index contributed by atoms with van der Waals surface area (Å²) in [6.07, 6.45) is 6.73. The molecule has 0 aromatic carbocycles. The zero-order valence-electron chi connectivity index (χ0n) is 9.98. The number of esters is 1. The second-order valence-corrected chi connectivity index (χ2v) is 4.71. The number of methoxy groups -OCH3 is 1. The van der Waals surface area contributed by atoms with Crippen LogP contribution in [0.5, 0.6) is 0 Å². The lowest BCUT2D eigenvalue weighted by Gasteiger charge is -2.34. The van der Waals surface area contributed by atoms with Crippen molar-refractivity contribution >= 4 is 5.97 Å². The number of hydrogen-bond donors (Lipinski definition) is 2. The summed E-state index contributed by atoms with van der Waals surface area (Å²) in [6.45, 7) is 0. The molecule has 0 amide bonds. The standard InChI is InChI=1S/C12H18N2O3/c1-17-11(15)6-9-2-4-12(16,5-3-9)10-7-13-8-14-10/h7-9,16H,2-6H2,1H3,(H,13,14)/t9-,12-. The van der Waals surface area contributed by atoms with Gasteiger partial charge in [-0.2, -0.15) is 0 Å². The summed E-state index contributed by atoms with van der Waals surface area (Å²) in [4.78, 5) is 18.1. The van der Waals surface area contributed by atoms with Crippen LogP contribution in [-0.2, 0) is 15.1 Å². The van der Waals surface area contributed by atoms with Crippen molar-refractivity contribution < 1.29 is 14.6 Å². The number of aromatic nitrogens is 2. The Morgan fingerprint density at radius 2 is 2.35 bits per heavy atom. The number of hydrogen-bond acceptors (Lipinski definition) is 4. The number of aromatic amines is 1. The number of H-pyrrole nitrogens is 1. The largest absolute Gasteiger partial charge is 0.469 e. The smallest absolute Gasteiger partial charge is 0.305 e. The first-order chi connectivity index (χ1) is 8.14. The molecule has 1 aliphatic carbocycles. The molecule has 1 aromatic heterocycles. The molecule has 1 aromatic rings. The number of imidazole rings is 1. The van der Waals surface area contributed by atoms with E-state index in [9.17, 15) is 9.90 Å². The van der Waals surface area contributed by atoms with E-state index < -0.39 is 5.60 Å². The zero-order valence-corrected chi connectivity index (χ0v) is 9.98. The first-order valence-corrected chi connectivity index (χ1v) is 5.92. The molecule has 1 saturated carbocycles. The number of carbonyl (C=O) groups excluding carboxylic acids is 1. The predicted molar refractivity (Wildman–Crippen MR) is 61.1 cm³/mol. The zero-order chi connectivity index (χ0) is 12.3. The average molecular weight is 238 g/mol. The number of nitrogens with zero attached hydrogens (tertiary/aromatic N) is 1. The second-order valence-electron chi connectivity index (χ2n) is 4.71. The van der Waals surface area contributed by atoms with Crippen LogP contribution in [0.2, 0.25) is 0 Å². The Hall–Kier alpha value is -1.36. The van der Waals surface area contributed by atoms with Gasteiger partial charge in [0.2, 0.25) is 0 Å². The topological polar surface area (TPSA) is 75.2 Å². The first kappa shape index (κ1) is 12.1. The van der Waals surface area contributed by atoms with Crippen LogP contribution < -0.4 is 0 Å². The van der Waals surface area contributed by atoms with Crippen molar-refractivity contribution in [2.75, 3.05) is 7.11 Å². The van der Waals surface area contributed by atoms with E-state index in [1.54, 1.807) is 12.5 Å². The molecule has 1 heterocycles. The molecular formula is C12H18N2O3. The Kier molecular flexibility index (Phi) is 3.47. The quantitative estimate of drug-likeness (QED) is 0.779. The van der Waals surface area contributed by atoms with Gasteiger partial charge in [-0.25, -0.2) is 4.98 Å². The maximum atomic E-state index is 11.2. The van der Waals surface area contributed by atoms with Crippen LogP contribution in [0.25, 0.3) is 0 Å². The molecule has 17 heavy (non-hydrogen) atoms. The summed E-state index contributed by atoms with van der Waals surface area (Å²) in [5, 5.41) is 10.4. The second kappa shape index (κ2) is 4.87. The number of ether oxygens (including phenoxy) is 1. The average Bonchev–Trinajstić information content (AvgIpc) is 2.86. The molecule has 94 valence electrons. The third-order valence-corrected chi connectivity index (χ3v) is 3.59. The van der Waals surface area contributed by atoms with Crippen molar-refractivity contribution in [2.24, 2.45) is 5.92 Å². The van der Waals surface area contributed by atoms with Crippen molar-refractivity contribution in [3.05, 3.63) is 18.2 Å². The third-order valence-electron chi connectivity index (χ3n) is 3.59. The Morgan fingerprint density at radius 1 is 1.65 bits per heavy atom. The van der Waals surface area contributed by atoms with Crippen molar-refractivity contribution in [1.82, 2.24) is 9.97 Å². The van der Waals surface area contributed by atoms with Crippen LogP contribution in [0.4, 0.5) is 0 Å². The van der Waals surface area contributed by atoms with Gasteiger partial charge in [-0.05, 0) is 31.6 Å². The molecule has 0 spiro atoms. The highest BCUT2D eigenvalue weighted by Crippen LogP contribution is 2.39. The van der Waals surface area contributed by atoms with E-state index in [-0.39, 0.29) is 5.97 Å². The van der Waals surface area contributed by atoms with Crippen LogP contribution in [0.3, 0.4) is 0 Å². The molecule has 1 aliphatic rings. The first-order valence-electron chi connectivity index (χ1n) is 5.92. The predicted octanol–water partition coefficient (Wildman–Crippen LogP) is 1.35. The van der Waals surface area contributed by atoms with Crippen LogP contribution in [0.15, 0.2) is 12.5 Å². The Bertz CT molecular complexity index is 367. The normalized spacial score (nSPS) is 28.9. The van der Waals surface area contributed by atoms with E-state index >= 15 is 0 Å². The number of aliphatic hydroxyl groups is 1. The van der Waals surface area contributed by atoms with Crippen LogP contribution in [0.1, 0.15) is 37.8 Å². The van der Waals surface area contributed by atoms with Crippen LogP contribution in [0, 0.1) is 5.92 Å². The minimum Gasteiger partial charge on any atom is -0.469 e. The van der Waals surface area contributed by atoms with E-state index in [2.05, 4.69) is 14.7 Å². The minimum atomic E-state index is -0.827. The van der Waals surface area contributed by atoms with Gasteiger partial charge in [0.25, 0.3) is 0 Å². The molecule has 2 N–H and O–H groups in total. The highest BCUT2D eigenvalue weighted by Gasteiger charge is 2.36. The highest BCUT2D eigenvalue weighted by atomic mass is 16.5.